The lowest BCUT2D eigenvalue weighted by atomic mass is 9.65. The van der Waals surface area contributed by atoms with Gasteiger partial charge in [0.05, 0.1) is 18.8 Å². The number of ether oxygens (including phenoxy) is 2. The first kappa shape index (κ1) is 16.2. The van der Waals surface area contributed by atoms with Crippen molar-refractivity contribution >= 4 is 5.96 Å². The average Bonchev–Trinajstić information content (AvgIpc) is 2.36. The first-order valence-electron chi connectivity index (χ1n) is 6.87. The predicted molar refractivity (Wildman–Crippen MR) is 76.8 cm³/mol. The number of hydrazine groups is 1. The molecule has 0 aromatic heterocycles. The molecule has 19 heavy (non-hydrogen) atoms. The maximum atomic E-state index is 5.70. The van der Waals surface area contributed by atoms with Gasteiger partial charge in [-0.1, -0.05) is 13.8 Å². The fourth-order valence-electron chi connectivity index (χ4n) is 2.36. The summed E-state index contributed by atoms with van der Waals surface area (Å²) in [6.07, 6.45) is 1.22. The number of nitrogens with zero attached hydrogens (tertiary/aromatic N) is 1. The van der Waals surface area contributed by atoms with Crippen molar-refractivity contribution < 1.29 is 9.47 Å². The van der Waals surface area contributed by atoms with Crippen molar-refractivity contribution in [3.05, 3.63) is 0 Å². The molecule has 6 nitrogen and oxygen atoms in total. The monoisotopic (exact) mass is 272 g/mol. The van der Waals surface area contributed by atoms with Crippen LogP contribution in [0.5, 0.6) is 0 Å². The van der Waals surface area contributed by atoms with Crippen molar-refractivity contribution in [2.24, 2.45) is 16.3 Å². The van der Waals surface area contributed by atoms with Gasteiger partial charge in [-0.3, -0.25) is 5.43 Å². The van der Waals surface area contributed by atoms with E-state index < -0.39 is 0 Å². The summed E-state index contributed by atoms with van der Waals surface area (Å²) < 4.78 is 10.8. The van der Waals surface area contributed by atoms with E-state index in [2.05, 4.69) is 29.6 Å². The smallest absolute Gasteiger partial charge is 0.206 e. The highest BCUT2D eigenvalue weighted by atomic mass is 16.5. The van der Waals surface area contributed by atoms with Crippen molar-refractivity contribution in [1.29, 1.82) is 0 Å². The molecule has 1 fully saturated rings. The van der Waals surface area contributed by atoms with Crippen LogP contribution in [0.25, 0.3) is 0 Å². The molecule has 0 bridgehead atoms. The first-order valence-corrected chi connectivity index (χ1v) is 6.87. The molecule has 0 aromatic carbocycles. The molecule has 1 rings (SSSR count). The molecule has 1 saturated carbocycles. The second-order valence-corrected chi connectivity index (χ2v) is 5.64. The highest BCUT2D eigenvalue weighted by Gasteiger charge is 2.49. The Hall–Kier alpha value is -0.850. The summed E-state index contributed by atoms with van der Waals surface area (Å²) in [5, 5.41) is 3.20. The Morgan fingerprint density at radius 3 is 2.68 bits per heavy atom. The van der Waals surface area contributed by atoms with Crippen LogP contribution in [0.4, 0.5) is 0 Å². The van der Waals surface area contributed by atoms with Gasteiger partial charge in [0.15, 0.2) is 0 Å². The van der Waals surface area contributed by atoms with Crippen molar-refractivity contribution in [3.8, 4) is 0 Å². The van der Waals surface area contributed by atoms with Crippen LogP contribution in [-0.4, -0.2) is 44.5 Å². The Labute approximate surface area is 116 Å². The molecule has 3 atom stereocenters. The van der Waals surface area contributed by atoms with E-state index in [1.165, 1.54) is 0 Å². The Morgan fingerprint density at radius 1 is 1.53 bits per heavy atom. The minimum atomic E-state index is 0.0459. The lowest BCUT2D eigenvalue weighted by Gasteiger charge is -2.49. The summed E-state index contributed by atoms with van der Waals surface area (Å²) in [6.45, 7) is 9.75. The van der Waals surface area contributed by atoms with E-state index in [9.17, 15) is 0 Å². The summed E-state index contributed by atoms with van der Waals surface area (Å²) >= 11 is 0. The quantitative estimate of drug-likeness (QED) is 0.286. The van der Waals surface area contributed by atoms with Gasteiger partial charge in [-0.05, 0) is 20.3 Å². The van der Waals surface area contributed by atoms with Gasteiger partial charge in [0, 0.05) is 25.2 Å². The zero-order valence-electron chi connectivity index (χ0n) is 12.7. The number of hydrogen-bond acceptors (Lipinski definition) is 4. The van der Waals surface area contributed by atoms with Crippen LogP contribution in [0.2, 0.25) is 0 Å². The van der Waals surface area contributed by atoms with Crippen molar-refractivity contribution in [2.45, 2.75) is 52.3 Å². The van der Waals surface area contributed by atoms with Crippen molar-refractivity contribution in [2.75, 3.05) is 20.3 Å². The molecule has 112 valence electrons. The van der Waals surface area contributed by atoms with Crippen LogP contribution in [0.1, 0.15) is 34.1 Å². The standard InChI is InChI=1S/C13H28N4O2/c1-6-19-11-7-10(13(11,3)4)16-12(17-14)15-9(2)8-18-5/h9-11H,6-8,14H2,1-5H3,(H2,15,16,17). The summed E-state index contributed by atoms with van der Waals surface area (Å²) in [5.74, 6) is 6.12. The molecule has 1 aliphatic rings. The lowest BCUT2D eigenvalue weighted by molar-refractivity contribution is -0.103. The van der Waals surface area contributed by atoms with Gasteiger partial charge in [-0.15, -0.1) is 0 Å². The van der Waals surface area contributed by atoms with Crippen LogP contribution in [0, 0.1) is 5.41 Å². The zero-order valence-corrected chi connectivity index (χ0v) is 12.7. The summed E-state index contributed by atoms with van der Waals surface area (Å²) in [4.78, 5) is 4.64. The summed E-state index contributed by atoms with van der Waals surface area (Å²) in [5.41, 5.74) is 2.66. The van der Waals surface area contributed by atoms with E-state index in [0.717, 1.165) is 13.0 Å². The van der Waals surface area contributed by atoms with Gasteiger partial charge in [-0.25, -0.2) is 10.8 Å². The van der Waals surface area contributed by atoms with Crippen LogP contribution in [0.15, 0.2) is 4.99 Å². The van der Waals surface area contributed by atoms with Gasteiger partial charge in [-0.2, -0.15) is 0 Å². The minimum absolute atomic E-state index is 0.0459. The van der Waals surface area contributed by atoms with E-state index in [-0.39, 0.29) is 23.6 Å². The first-order chi connectivity index (χ1) is 8.95. The SMILES string of the molecule is CCOC1CC(N=C(NN)NC(C)COC)C1(C)C. The van der Waals surface area contributed by atoms with E-state index in [1.807, 2.05) is 13.8 Å². The van der Waals surface area contributed by atoms with E-state index >= 15 is 0 Å². The zero-order chi connectivity index (χ0) is 14.5. The van der Waals surface area contributed by atoms with Crippen molar-refractivity contribution in [3.63, 3.8) is 0 Å². The van der Waals surface area contributed by atoms with Gasteiger partial charge in [0.1, 0.15) is 0 Å². The van der Waals surface area contributed by atoms with E-state index in [4.69, 9.17) is 15.3 Å². The lowest BCUT2D eigenvalue weighted by Crippen LogP contribution is -2.56. The van der Waals surface area contributed by atoms with Gasteiger partial charge in [0.2, 0.25) is 5.96 Å². The number of hydrogen-bond donors (Lipinski definition) is 3. The Morgan fingerprint density at radius 2 is 2.21 bits per heavy atom. The molecule has 0 aliphatic heterocycles. The maximum absolute atomic E-state index is 5.70. The number of aliphatic imine (C=N–C) groups is 1. The molecular formula is C13H28N4O2. The highest BCUT2D eigenvalue weighted by Crippen LogP contribution is 2.44. The van der Waals surface area contributed by atoms with Gasteiger partial charge in [0.25, 0.3) is 0 Å². The minimum Gasteiger partial charge on any atom is -0.383 e. The number of methoxy groups -OCH3 is 1. The highest BCUT2D eigenvalue weighted by molar-refractivity contribution is 5.79. The predicted octanol–water partition coefficient (Wildman–Crippen LogP) is 0.634. The molecular weight excluding hydrogens is 244 g/mol. The van der Waals surface area contributed by atoms with Crippen molar-refractivity contribution in [1.82, 2.24) is 10.7 Å². The topological polar surface area (TPSA) is 80.9 Å². The molecule has 0 heterocycles. The van der Waals surface area contributed by atoms with E-state index in [1.54, 1.807) is 7.11 Å². The molecule has 0 aromatic rings. The summed E-state index contributed by atoms with van der Waals surface area (Å²) in [6, 6.07) is 0.378. The van der Waals surface area contributed by atoms with Gasteiger partial charge < -0.3 is 14.8 Å². The van der Waals surface area contributed by atoms with Gasteiger partial charge >= 0.3 is 0 Å². The molecule has 4 N–H and O–H groups in total. The van der Waals surface area contributed by atoms with Crippen LogP contribution < -0.4 is 16.6 Å². The average molecular weight is 272 g/mol. The number of nitrogens with one attached hydrogen (secondary N) is 2. The molecule has 0 radical (unpaired) electrons. The van der Waals surface area contributed by atoms with Crippen LogP contribution >= 0.6 is 0 Å². The maximum Gasteiger partial charge on any atom is 0.206 e. The third-order valence-corrected chi connectivity index (χ3v) is 3.72. The molecule has 3 unspecified atom stereocenters. The molecule has 0 amide bonds. The third kappa shape index (κ3) is 4.06. The second-order valence-electron chi connectivity index (χ2n) is 5.64. The molecule has 6 heteroatoms. The Kier molecular flexibility index (Phi) is 6.03. The molecule has 1 aliphatic carbocycles. The van der Waals surface area contributed by atoms with Crippen LogP contribution in [-0.2, 0) is 9.47 Å². The normalized spacial score (nSPS) is 27.6. The Bertz CT molecular complexity index is 307. The largest absolute Gasteiger partial charge is 0.383 e. The fraction of sp³-hybridized carbons (Fsp3) is 0.923. The van der Waals surface area contributed by atoms with E-state index in [0.29, 0.717) is 12.6 Å². The summed E-state index contributed by atoms with van der Waals surface area (Å²) in [7, 11) is 1.67. The number of guanidine groups is 1. The fourth-order valence-corrected chi connectivity index (χ4v) is 2.36. The molecule has 0 saturated heterocycles. The third-order valence-electron chi connectivity index (χ3n) is 3.72. The van der Waals surface area contributed by atoms with Crippen LogP contribution in [0.3, 0.4) is 0 Å². The molecule has 0 spiro atoms. The number of rotatable bonds is 6. The number of nitrogens with two attached hydrogens (primary N) is 1. The second kappa shape index (κ2) is 7.07. The Balaban J connectivity index is 2.57.